The minimum Gasteiger partial charge on any atom is -0.329 e. The zero-order valence-corrected chi connectivity index (χ0v) is 3.59. The molecular weight excluding hydrogens is 76.1 g/mol. The first-order chi connectivity index (χ1) is 4.59. The maximum Gasteiger partial charge on any atom is 0.0394 e. The third kappa shape index (κ3) is 3.92. The van der Waals surface area contributed by atoms with Gasteiger partial charge in [0, 0.05) is 18.6 Å². The Morgan fingerprint density at radius 3 is 2.67 bits per heavy atom. The normalized spacial score (nSPS) is 20.7. The summed E-state index contributed by atoms with van der Waals surface area (Å²) in [6, 6.07) is 0. The third-order valence-electron chi connectivity index (χ3n) is 0.387. The first-order valence-electron chi connectivity index (χ1n) is 4.05. The summed E-state index contributed by atoms with van der Waals surface area (Å²) < 4.78 is 27.5. The molecule has 6 heavy (non-hydrogen) atoms. The Bertz CT molecular complexity index is 79.3. The number of likely N-dealkylation sites (N-methyl/N-ethyl adjacent to an activating group) is 1. The minimum atomic E-state index is -1.26. The average molecular weight is 92.2 g/mol. The lowest BCUT2D eigenvalue weighted by Crippen LogP contribution is -2.20. The highest BCUT2D eigenvalue weighted by Gasteiger charge is 1.79. The lowest BCUT2D eigenvalue weighted by atomic mass is 10.6. The van der Waals surface area contributed by atoms with Crippen molar-refractivity contribution in [1.82, 2.24) is 4.90 Å². The molecule has 0 aromatic carbocycles. The van der Waals surface area contributed by atoms with Gasteiger partial charge in [-0.3, -0.25) is 0 Å². The van der Waals surface area contributed by atoms with Gasteiger partial charge in [0.05, 0.1) is 0 Å². The van der Waals surface area contributed by atoms with Crippen LogP contribution in [-0.4, -0.2) is 32.0 Å². The molecule has 0 saturated heterocycles. The minimum absolute atomic E-state index is 0.259. The van der Waals surface area contributed by atoms with Crippen molar-refractivity contribution in [1.29, 1.82) is 0 Å². The summed E-state index contributed by atoms with van der Waals surface area (Å²) in [4.78, 5) is 1.06. The van der Waals surface area contributed by atoms with Gasteiger partial charge in [-0.2, -0.15) is 0 Å². The molecule has 38 valence electrons. The van der Waals surface area contributed by atoms with Gasteiger partial charge < -0.3 is 10.6 Å². The van der Waals surface area contributed by atoms with Crippen LogP contribution in [0.25, 0.3) is 0 Å². The highest BCUT2D eigenvalue weighted by atomic mass is 15.1. The molecule has 0 heterocycles. The van der Waals surface area contributed by atoms with Crippen LogP contribution in [0.1, 0.15) is 5.48 Å². The van der Waals surface area contributed by atoms with E-state index in [1.807, 2.05) is 0 Å². The summed E-state index contributed by atoms with van der Waals surface area (Å²) in [7, 11) is 0. The van der Waals surface area contributed by atoms with Crippen molar-refractivity contribution < 1.29 is 5.48 Å². The molecule has 0 amide bonds. The maximum atomic E-state index is 6.87. The summed E-state index contributed by atoms with van der Waals surface area (Å²) in [5.74, 6) is 0. The fraction of sp³-hybridized carbons (Fsp3) is 1.00. The van der Waals surface area contributed by atoms with Crippen LogP contribution in [0.2, 0.25) is 0 Å². The van der Waals surface area contributed by atoms with Crippen molar-refractivity contribution in [2.24, 2.45) is 5.73 Å². The zero-order chi connectivity index (χ0) is 8.15. The molecule has 0 fully saturated rings. The molecule has 0 aliphatic rings. The lowest BCUT2D eigenvalue weighted by molar-refractivity contribution is 0.420. The monoisotopic (exact) mass is 92.1 g/mol. The van der Waals surface area contributed by atoms with E-state index >= 15 is 0 Å². The van der Waals surface area contributed by atoms with E-state index in [1.165, 1.54) is 0 Å². The topological polar surface area (TPSA) is 29.3 Å². The van der Waals surface area contributed by atoms with E-state index in [1.54, 1.807) is 0 Å². The smallest absolute Gasteiger partial charge is 0.0394 e. The van der Waals surface area contributed by atoms with Crippen LogP contribution in [-0.2, 0) is 0 Å². The van der Waals surface area contributed by atoms with Crippen molar-refractivity contribution in [2.75, 3.05) is 27.1 Å². The summed E-state index contributed by atoms with van der Waals surface area (Å²) >= 11 is 0. The van der Waals surface area contributed by atoms with Crippen LogP contribution in [0, 0.1) is 0 Å². The van der Waals surface area contributed by atoms with Gasteiger partial charge in [0.15, 0.2) is 0 Å². The van der Waals surface area contributed by atoms with E-state index in [0.717, 1.165) is 4.90 Å². The van der Waals surface area contributed by atoms with Gasteiger partial charge in [-0.15, -0.1) is 0 Å². The predicted molar refractivity (Wildman–Crippen MR) is 27.6 cm³/mol. The van der Waals surface area contributed by atoms with Crippen LogP contribution < -0.4 is 5.73 Å². The summed E-state index contributed by atoms with van der Waals surface area (Å²) in [5.41, 5.74) is 5.13. The molecule has 0 saturated carbocycles. The molecule has 2 heteroatoms. The van der Waals surface area contributed by atoms with Gasteiger partial charge in [0.2, 0.25) is 0 Å². The molecule has 0 spiro atoms. The van der Waals surface area contributed by atoms with Gasteiger partial charge in [0.1, 0.15) is 0 Å². The molecule has 0 bridgehead atoms. The number of hydrogen-bond acceptors (Lipinski definition) is 2. The first kappa shape index (κ1) is 1.80. The van der Waals surface area contributed by atoms with Crippen LogP contribution in [0.15, 0.2) is 0 Å². The zero-order valence-electron chi connectivity index (χ0n) is 7.59. The summed E-state index contributed by atoms with van der Waals surface area (Å²) in [5, 5.41) is 0. The first-order valence-corrected chi connectivity index (χ1v) is 1.74. The average Bonchev–Trinajstić information content (AvgIpc) is 1.81. The fourth-order valence-corrected chi connectivity index (χ4v) is 0.149. The second kappa shape index (κ2) is 3.12. The Balaban J connectivity index is 3.73. The van der Waals surface area contributed by atoms with Crippen LogP contribution in [0.4, 0.5) is 0 Å². The Morgan fingerprint density at radius 2 is 2.50 bits per heavy atom. The molecule has 2 N–H and O–H groups in total. The molecule has 0 rings (SSSR count). The molecule has 0 radical (unpaired) electrons. The molecule has 0 aromatic rings. The summed E-state index contributed by atoms with van der Waals surface area (Å²) in [6.45, 7) is -1.98. The third-order valence-corrected chi connectivity index (χ3v) is 0.387. The summed E-state index contributed by atoms with van der Waals surface area (Å²) in [6.07, 6.45) is 0. The van der Waals surface area contributed by atoms with Gasteiger partial charge in [-0.25, -0.2) is 0 Å². The van der Waals surface area contributed by atoms with Gasteiger partial charge in [-0.1, -0.05) is 0 Å². The quantitative estimate of drug-likeness (QED) is 0.498. The fourth-order valence-electron chi connectivity index (χ4n) is 0.149. The van der Waals surface area contributed by atoms with Crippen molar-refractivity contribution in [3.05, 3.63) is 0 Å². The predicted octanol–water partition coefficient (Wildman–Crippen LogP) is -0.493. The van der Waals surface area contributed by atoms with E-state index in [9.17, 15) is 0 Å². The van der Waals surface area contributed by atoms with E-state index in [2.05, 4.69) is 0 Å². The van der Waals surface area contributed by atoms with Crippen LogP contribution in [0.5, 0.6) is 0 Å². The molecule has 0 aromatic heterocycles. The molecule has 0 unspecified atom stereocenters. The Kier molecular flexibility index (Phi) is 0.938. The number of nitrogens with two attached hydrogens (primary N) is 1. The maximum absolute atomic E-state index is 6.87. The van der Waals surface area contributed by atoms with Crippen LogP contribution >= 0.6 is 0 Å². The van der Waals surface area contributed by atoms with Crippen molar-refractivity contribution in [3.8, 4) is 0 Å². The Labute approximate surface area is 44.6 Å². The molecule has 0 atom stereocenters. The second-order valence-electron chi connectivity index (χ2n) is 1.03. The number of hydrogen-bond donors (Lipinski definition) is 1. The van der Waals surface area contributed by atoms with Gasteiger partial charge >= 0.3 is 0 Å². The highest BCUT2D eigenvalue weighted by Crippen LogP contribution is 1.64. The van der Waals surface area contributed by atoms with Gasteiger partial charge in [0.25, 0.3) is 0 Å². The second-order valence-corrected chi connectivity index (χ2v) is 1.03. The highest BCUT2D eigenvalue weighted by molar-refractivity contribution is 4.38. The molecule has 0 aliphatic carbocycles. The van der Waals surface area contributed by atoms with E-state index < -0.39 is 14.0 Å². The van der Waals surface area contributed by atoms with Crippen LogP contribution in [0.3, 0.4) is 0 Å². The molecular formula is C4H12N2. The Morgan fingerprint density at radius 1 is 1.83 bits per heavy atom. The van der Waals surface area contributed by atoms with Crippen molar-refractivity contribution in [2.45, 2.75) is 0 Å². The van der Waals surface area contributed by atoms with Crippen molar-refractivity contribution in [3.63, 3.8) is 0 Å². The largest absolute Gasteiger partial charge is 0.329 e. The van der Waals surface area contributed by atoms with Crippen molar-refractivity contribution >= 4 is 0 Å². The van der Waals surface area contributed by atoms with E-state index in [-0.39, 0.29) is 13.1 Å². The Hall–Kier alpha value is -0.0800. The lowest BCUT2D eigenvalue weighted by Gasteiger charge is -2.03. The standard InChI is InChI=1S/C4H12N2/c1-6(2)4-3-5/h3-5H2,1-2H3/i1D2,2D2. The SMILES string of the molecule is [2H]C([2H])N(CCN)C([2H])[2H]. The molecule has 2 nitrogen and oxygen atoms in total. The van der Waals surface area contributed by atoms with E-state index in [4.69, 9.17) is 11.2 Å². The van der Waals surface area contributed by atoms with E-state index in [0.29, 0.717) is 0 Å². The number of rotatable bonds is 2. The van der Waals surface area contributed by atoms with Gasteiger partial charge in [-0.05, 0) is 14.0 Å². The number of nitrogens with zero attached hydrogens (tertiary/aromatic N) is 1. The molecule has 0 aliphatic heterocycles.